The minimum absolute atomic E-state index is 0.311. The van der Waals surface area contributed by atoms with Crippen molar-refractivity contribution in [3.63, 3.8) is 0 Å². The van der Waals surface area contributed by atoms with E-state index in [1.165, 1.54) is 12.8 Å². The van der Waals surface area contributed by atoms with Gasteiger partial charge in [0.15, 0.2) is 0 Å². The van der Waals surface area contributed by atoms with Gasteiger partial charge < -0.3 is 15.1 Å². The monoisotopic (exact) mass is 281 g/mol. The molecule has 0 aromatic carbocycles. The normalized spacial score (nSPS) is 24.4. The van der Waals surface area contributed by atoms with E-state index >= 15 is 0 Å². The lowest BCUT2D eigenvalue weighted by Crippen LogP contribution is -2.41. The second-order valence-electron chi connectivity index (χ2n) is 7.35. The minimum atomic E-state index is 0.311. The first kappa shape index (κ1) is 15.8. The van der Waals surface area contributed by atoms with E-state index in [2.05, 4.69) is 43.1 Å². The molecule has 1 atom stereocenters. The Kier molecular flexibility index (Phi) is 5.08. The molecule has 0 aromatic heterocycles. The molecule has 2 rings (SSSR count). The first-order valence-corrected chi connectivity index (χ1v) is 8.09. The summed E-state index contributed by atoms with van der Waals surface area (Å²) in [5.41, 5.74) is 0.357. The largest absolute Gasteiger partial charge is 0.341 e. The number of nitrogens with one attached hydrogen (secondary N) is 1. The molecule has 0 aromatic rings. The van der Waals surface area contributed by atoms with Crippen LogP contribution in [0.15, 0.2) is 0 Å². The second kappa shape index (κ2) is 6.44. The molecular weight excluding hydrogens is 250 g/mol. The molecule has 1 saturated heterocycles. The van der Waals surface area contributed by atoms with Gasteiger partial charge in [-0.05, 0) is 57.8 Å². The number of likely N-dealkylation sites (N-methyl/N-ethyl adjacent to an activating group) is 1. The molecule has 4 heteroatoms. The zero-order chi connectivity index (χ0) is 14.8. The maximum Gasteiger partial charge on any atom is 0.226 e. The van der Waals surface area contributed by atoms with Crippen molar-refractivity contribution in [3.8, 4) is 0 Å². The Morgan fingerprint density at radius 1 is 1.25 bits per heavy atom. The van der Waals surface area contributed by atoms with Gasteiger partial charge in [0.05, 0.1) is 0 Å². The summed E-state index contributed by atoms with van der Waals surface area (Å²) in [6.07, 6.45) is 3.50. The lowest BCUT2D eigenvalue weighted by Gasteiger charge is -2.29. The van der Waals surface area contributed by atoms with E-state index in [-0.39, 0.29) is 0 Å². The number of hydrogen-bond acceptors (Lipinski definition) is 3. The fraction of sp³-hybridized carbons (Fsp3) is 0.938. The molecule has 1 heterocycles. The van der Waals surface area contributed by atoms with Gasteiger partial charge in [0.25, 0.3) is 0 Å². The number of carbonyl (C=O) groups excluding carboxylic acids is 1. The molecule has 0 bridgehead atoms. The van der Waals surface area contributed by atoms with Gasteiger partial charge in [0.1, 0.15) is 0 Å². The van der Waals surface area contributed by atoms with E-state index in [4.69, 9.17) is 0 Å². The summed E-state index contributed by atoms with van der Waals surface area (Å²) in [6, 6.07) is 0. The van der Waals surface area contributed by atoms with Gasteiger partial charge in [-0.1, -0.05) is 13.8 Å². The first-order valence-electron chi connectivity index (χ1n) is 8.09. The molecule has 0 radical (unpaired) electrons. The average molecular weight is 281 g/mol. The van der Waals surface area contributed by atoms with Gasteiger partial charge in [-0.25, -0.2) is 0 Å². The maximum absolute atomic E-state index is 12.8. The lowest BCUT2D eigenvalue weighted by atomic mass is 9.91. The van der Waals surface area contributed by atoms with Crippen LogP contribution < -0.4 is 5.32 Å². The Hall–Kier alpha value is -0.610. The molecule has 4 nitrogen and oxygen atoms in total. The molecule has 20 heavy (non-hydrogen) atoms. The van der Waals surface area contributed by atoms with Crippen LogP contribution in [-0.4, -0.2) is 62.5 Å². The standard InChI is InChI=1S/C16H31N3O/c1-13(2)12-19(10-9-18(3)4)15(20)14-11-16(14)5-7-17-8-6-16/h13-14,17H,5-12H2,1-4H3. The quantitative estimate of drug-likeness (QED) is 0.800. The van der Waals surface area contributed by atoms with Crippen LogP contribution in [0.2, 0.25) is 0 Å². The SMILES string of the molecule is CC(C)CN(CCN(C)C)C(=O)C1CC12CCNCC2. The number of carbonyl (C=O) groups is 1. The van der Waals surface area contributed by atoms with Gasteiger partial charge in [0.2, 0.25) is 5.91 Å². The van der Waals surface area contributed by atoms with Crippen molar-refractivity contribution in [1.29, 1.82) is 0 Å². The highest BCUT2D eigenvalue weighted by atomic mass is 16.2. The number of amides is 1. The van der Waals surface area contributed by atoms with Crippen LogP contribution in [0.5, 0.6) is 0 Å². The summed E-state index contributed by atoms with van der Waals surface area (Å²) in [5, 5.41) is 3.41. The molecule has 1 amide bonds. The van der Waals surface area contributed by atoms with E-state index in [0.29, 0.717) is 23.2 Å². The molecule has 2 fully saturated rings. The van der Waals surface area contributed by atoms with Crippen LogP contribution in [0.3, 0.4) is 0 Å². The van der Waals surface area contributed by atoms with Gasteiger partial charge >= 0.3 is 0 Å². The van der Waals surface area contributed by atoms with Crippen LogP contribution in [-0.2, 0) is 4.79 Å². The highest BCUT2D eigenvalue weighted by molar-refractivity contribution is 5.82. The third kappa shape index (κ3) is 3.73. The summed E-state index contributed by atoms with van der Waals surface area (Å²) < 4.78 is 0. The van der Waals surface area contributed by atoms with E-state index in [0.717, 1.165) is 39.1 Å². The summed E-state index contributed by atoms with van der Waals surface area (Å²) >= 11 is 0. The van der Waals surface area contributed by atoms with E-state index < -0.39 is 0 Å². The molecule has 1 N–H and O–H groups in total. The van der Waals surface area contributed by atoms with Gasteiger partial charge in [0, 0.05) is 25.6 Å². The zero-order valence-electron chi connectivity index (χ0n) is 13.6. The maximum atomic E-state index is 12.8. The molecular formula is C16H31N3O. The molecule has 1 saturated carbocycles. The Morgan fingerprint density at radius 2 is 1.90 bits per heavy atom. The third-order valence-corrected chi connectivity index (χ3v) is 4.80. The van der Waals surface area contributed by atoms with Crippen molar-refractivity contribution >= 4 is 5.91 Å². The van der Waals surface area contributed by atoms with Crippen molar-refractivity contribution in [2.45, 2.75) is 33.1 Å². The summed E-state index contributed by atoms with van der Waals surface area (Å²) in [6.45, 7) is 9.30. The number of nitrogens with zero attached hydrogens (tertiary/aromatic N) is 2. The highest BCUT2D eigenvalue weighted by Crippen LogP contribution is 2.59. The fourth-order valence-electron chi connectivity index (χ4n) is 3.45. The predicted octanol–water partition coefficient (Wildman–Crippen LogP) is 1.42. The van der Waals surface area contributed by atoms with Crippen LogP contribution in [0.1, 0.15) is 33.1 Å². The topological polar surface area (TPSA) is 35.6 Å². The Morgan fingerprint density at radius 3 is 2.45 bits per heavy atom. The van der Waals surface area contributed by atoms with E-state index in [1.54, 1.807) is 0 Å². The predicted molar refractivity (Wildman–Crippen MR) is 82.6 cm³/mol. The summed E-state index contributed by atoms with van der Waals surface area (Å²) in [4.78, 5) is 17.1. The van der Waals surface area contributed by atoms with Crippen LogP contribution in [0, 0.1) is 17.3 Å². The summed E-state index contributed by atoms with van der Waals surface area (Å²) in [7, 11) is 4.15. The highest BCUT2D eigenvalue weighted by Gasteiger charge is 2.58. The average Bonchev–Trinajstić information content (AvgIpc) is 3.07. The lowest BCUT2D eigenvalue weighted by molar-refractivity contribution is -0.134. The minimum Gasteiger partial charge on any atom is -0.341 e. The molecule has 1 aliphatic heterocycles. The second-order valence-corrected chi connectivity index (χ2v) is 7.35. The van der Waals surface area contributed by atoms with Crippen LogP contribution >= 0.6 is 0 Å². The number of rotatable bonds is 6. The smallest absolute Gasteiger partial charge is 0.226 e. The third-order valence-electron chi connectivity index (χ3n) is 4.80. The van der Waals surface area contributed by atoms with Crippen LogP contribution in [0.4, 0.5) is 0 Å². The van der Waals surface area contributed by atoms with Crippen molar-refractivity contribution in [2.24, 2.45) is 17.3 Å². The van der Waals surface area contributed by atoms with Crippen molar-refractivity contribution in [2.75, 3.05) is 46.8 Å². The molecule has 1 unspecified atom stereocenters. The summed E-state index contributed by atoms with van der Waals surface area (Å²) in [5.74, 6) is 1.27. The Labute approximate surface area is 123 Å². The van der Waals surface area contributed by atoms with Crippen molar-refractivity contribution in [1.82, 2.24) is 15.1 Å². The van der Waals surface area contributed by atoms with Crippen molar-refractivity contribution < 1.29 is 4.79 Å². The number of hydrogen-bond donors (Lipinski definition) is 1. The van der Waals surface area contributed by atoms with E-state index in [9.17, 15) is 4.79 Å². The Balaban J connectivity index is 1.92. The van der Waals surface area contributed by atoms with E-state index in [1.807, 2.05) is 0 Å². The molecule has 1 aliphatic carbocycles. The Bertz CT molecular complexity index is 335. The van der Waals surface area contributed by atoms with Gasteiger partial charge in [-0.2, -0.15) is 0 Å². The molecule has 1 spiro atoms. The van der Waals surface area contributed by atoms with Gasteiger partial charge in [-0.15, -0.1) is 0 Å². The molecule has 116 valence electrons. The van der Waals surface area contributed by atoms with Gasteiger partial charge in [-0.3, -0.25) is 4.79 Å². The first-order chi connectivity index (χ1) is 9.44. The van der Waals surface area contributed by atoms with Crippen molar-refractivity contribution in [3.05, 3.63) is 0 Å². The molecule has 2 aliphatic rings. The number of piperidine rings is 1. The zero-order valence-corrected chi connectivity index (χ0v) is 13.6. The fourth-order valence-corrected chi connectivity index (χ4v) is 3.45. The van der Waals surface area contributed by atoms with Crippen LogP contribution in [0.25, 0.3) is 0 Å².